The lowest BCUT2D eigenvalue weighted by atomic mass is 10.2. The summed E-state index contributed by atoms with van der Waals surface area (Å²) >= 11 is 0. The molecule has 5 heteroatoms. The number of imidazole rings is 1. The monoisotopic (exact) mass is 294 g/mol. The Morgan fingerprint density at radius 1 is 1.23 bits per heavy atom. The summed E-state index contributed by atoms with van der Waals surface area (Å²) < 4.78 is 2.19. The second-order valence-corrected chi connectivity index (χ2v) is 5.72. The van der Waals surface area contributed by atoms with Crippen LogP contribution in [0.1, 0.15) is 30.3 Å². The van der Waals surface area contributed by atoms with Crippen LogP contribution in [0, 0.1) is 0 Å². The molecule has 22 heavy (non-hydrogen) atoms. The largest absolute Gasteiger partial charge is 0.508 e. The molecule has 3 heterocycles. The van der Waals surface area contributed by atoms with Crippen molar-refractivity contribution in [3.8, 4) is 5.75 Å². The van der Waals surface area contributed by atoms with Gasteiger partial charge in [-0.25, -0.2) is 9.97 Å². The standard InChI is InChI=1S/C17H18N4O/c22-13-7-5-12(6-8-13)11-21-16-15(4-2-10-19-16)20-17(21)14-3-1-9-18-14/h2,4-8,10,14,18,22H,1,3,9,11H2. The van der Waals surface area contributed by atoms with Crippen LogP contribution in [0.2, 0.25) is 0 Å². The number of nitrogens with zero attached hydrogens (tertiary/aromatic N) is 3. The quantitative estimate of drug-likeness (QED) is 0.779. The number of phenols is 1. The van der Waals surface area contributed by atoms with Crippen LogP contribution in [0.3, 0.4) is 0 Å². The number of nitrogens with one attached hydrogen (secondary N) is 1. The van der Waals surface area contributed by atoms with E-state index in [1.54, 1.807) is 12.1 Å². The van der Waals surface area contributed by atoms with Crippen molar-refractivity contribution < 1.29 is 5.11 Å². The summed E-state index contributed by atoms with van der Waals surface area (Å²) in [7, 11) is 0. The number of fused-ring (bicyclic) bond motifs is 1. The maximum atomic E-state index is 9.44. The van der Waals surface area contributed by atoms with Crippen molar-refractivity contribution in [2.75, 3.05) is 6.54 Å². The number of pyridine rings is 1. The average molecular weight is 294 g/mol. The van der Waals surface area contributed by atoms with Gasteiger partial charge < -0.3 is 15.0 Å². The molecule has 0 radical (unpaired) electrons. The fourth-order valence-corrected chi connectivity index (χ4v) is 3.09. The van der Waals surface area contributed by atoms with E-state index < -0.39 is 0 Å². The molecule has 1 aliphatic heterocycles. The van der Waals surface area contributed by atoms with Gasteiger partial charge in [-0.2, -0.15) is 0 Å². The molecule has 1 unspecified atom stereocenters. The second-order valence-electron chi connectivity index (χ2n) is 5.72. The van der Waals surface area contributed by atoms with E-state index in [4.69, 9.17) is 4.98 Å². The van der Waals surface area contributed by atoms with Gasteiger partial charge in [-0.3, -0.25) is 0 Å². The normalized spacial score (nSPS) is 18.1. The molecule has 2 aromatic heterocycles. The fourth-order valence-electron chi connectivity index (χ4n) is 3.09. The molecule has 0 bridgehead atoms. The number of hydrogen-bond donors (Lipinski definition) is 2. The molecule has 0 spiro atoms. The number of phenolic OH excluding ortho intramolecular Hbond substituents is 1. The van der Waals surface area contributed by atoms with Crippen LogP contribution in [-0.4, -0.2) is 26.2 Å². The van der Waals surface area contributed by atoms with E-state index in [1.165, 1.54) is 6.42 Å². The number of hydrogen-bond acceptors (Lipinski definition) is 4. The summed E-state index contributed by atoms with van der Waals surface area (Å²) in [6, 6.07) is 11.5. The summed E-state index contributed by atoms with van der Waals surface area (Å²) in [5.41, 5.74) is 2.98. The van der Waals surface area contributed by atoms with Gasteiger partial charge in [0.05, 0.1) is 12.6 Å². The van der Waals surface area contributed by atoms with Gasteiger partial charge in [0.25, 0.3) is 0 Å². The van der Waals surface area contributed by atoms with Crippen LogP contribution in [-0.2, 0) is 6.54 Å². The highest BCUT2D eigenvalue weighted by molar-refractivity contribution is 5.71. The van der Waals surface area contributed by atoms with Crippen LogP contribution in [0.4, 0.5) is 0 Å². The summed E-state index contributed by atoms with van der Waals surface area (Å²) in [5.74, 6) is 1.34. The number of benzene rings is 1. The highest BCUT2D eigenvalue weighted by atomic mass is 16.3. The first-order chi connectivity index (χ1) is 10.8. The summed E-state index contributed by atoms with van der Waals surface area (Å²) in [6.07, 6.45) is 4.10. The lowest BCUT2D eigenvalue weighted by molar-refractivity contribution is 0.475. The van der Waals surface area contributed by atoms with Gasteiger partial charge in [-0.05, 0) is 49.2 Å². The van der Waals surface area contributed by atoms with Crippen LogP contribution >= 0.6 is 0 Å². The predicted octanol–water partition coefficient (Wildman–Crippen LogP) is 2.61. The lowest BCUT2D eigenvalue weighted by Gasteiger charge is -2.13. The smallest absolute Gasteiger partial charge is 0.160 e. The molecule has 3 aromatic rings. The Kier molecular flexibility index (Phi) is 3.27. The molecular formula is C17H18N4O. The van der Waals surface area contributed by atoms with Crippen LogP contribution in [0.25, 0.3) is 11.2 Å². The molecule has 1 atom stereocenters. The second kappa shape index (κ2) is 5.42. The molecule has 0 aliphatic carbocycles. The number of aromatic hydroxyl groups is 1. The van der Waals surface area contributed by atoms with Crippen molar-refractivity contribution in [3.05, 3.63) is 54.0 Å². The zero-order valence-electron chi connectivity index (χ0n) is 12.2. The molecule has 0 saturated carbocycles. The van der Waals surface area contributed by atoms with Crippen LogP contribution < -0.4 is 5.32 Å². The first-order valence-electron chi connectivity index (χ1n) is 7.64. The molecular weight excluding hydrogens is 276 g/mol. The number of aromatic nitrogens is 3. The highest BCUT2D eigenvalue weighted by Gasteiger charge is 2.23. The van der Waals surface area contributed by atoms with Crippen molar-refractivity contribution in [1.82, 2.24) is 19.9 Å². The minimum atomic E-state index is 0.287. The van der Waals surface area contributed by atoms with Crippen LogP contribution in [0.5, 0.6) is 5.75 Å². The minimum absolute atomic E-state index is 0.287. The Balaban J connectivity index is 1.79. The molecule has 1 saturated heterocycles. The minimum Gasteiger partial charge on any atom is -0.508 e. The predicted molar refractivity (Wildman–Crippen MR) is 84.7 cm³/mol. The Labute approximate surface area is 128 Å². The maximum Gasteiger partial charge on any atom is 0.160 e. The van der Waals surface area contributed by atoms with Gasteiger partial charge >= 0.3 is 0 Å². The molecule has 5 nitrogen and oxygen atoms in total. The third kappa shape index (κ3) is 2.33. The van der Waals surface area contributed by atoms with Crippen molar-refractivity contribution in [1.29, 1.82) is 0 Å². The highest BCUT2D eigenvalue weighted by Crippen LogP contribution is 2.26. The van der Waals surface area contributed by atoms with Gasteiger partial charge in [-0.15, -0.1) is 0 Å². The van der Waals surface area contributed by atoms with Crippen molar-refractivity contribution in [2.24, 2.45) is 0 Å². The van der Waals surface area contributed by atoms with E-state index >= 15 is 0 Å². The Bertz CT molecular complexity index is 788. The fraction of sp³-hybridized carbons (Fsp3) is 0.294. The van der Waals surface area contributed by atoms with E-state index in [1.807, 2.05) is 30.5 Å². The van der Waals surface area contributed by atoms with Crippen molar-refractivity contribution >= 4 is 11.2 Å². The molecule has 112 valence electrons. The molecule has 1 aliphatic rings. The Hall–Kier alpha value is -2.40. The summed E-state index contributed by atoms with van der Waals surface area (Å²) in [5, 5.41) is 13.0. The van der Waals surface area contributed by atoms with Gasteiger partial charge in [0.1, 0.15) is 17.1 Å². The van der Waals surface area contributed by atoms with Crippen molar-refractivity contribution in [2.45, 2.75) is 25.4 Å². The Morgan fingerprint density at radius 3 is 2.86 bits per heavy atom. The molecule has 0 amide bonds. The SMILES string of the molecule is Oc1ccc(Cn2c(C3CCCN3)nc3cccnc32)cc1. The van der Waals surface area contributed by atoms with E-state index in [-0.39, 0.29) is 5.75 Å². The van der Waals surface area contributed by atoms with E-state index in [2.05, 4.69) is 14.9 Å². The first-order valence-corrected chi connectivity index (χ1v) is 7.64. The van der Waals surface area contributed by atoms with E-state index in [9.17, 15) is 5.11 Å². The molecule has 4 rings (SSSR count). The zero-order chi connectivity index (χ0) is 14.9. The topological polar surface area (TPSA) is 63.0 Å². The van der Waals surface area contributed by atoms with E-state index in [0.717, 1.165) is 35.5 Å². The van der Waals surface area contributed by atoms with Gasteiger partial charge in [0.15, 0.2) is 5.65 Å². The summed E-state index contributed by atoms with van der Waals surface area (Å²) in [4.78, 5) is 9.31. The average Bonchev–Trinajstić information content (AvgIpc) is 3.18. The van der Waals surface area contributed by atoms with E-state index in [0.29, 0.717) is 12.6 Å². The molecule has 2 N–H and O–H groups in total. The molecule has 1 aromatic carbocycles. The third-order valence-electron chi connectivity index (χ3n) is 4.18. The first kappa shape index (κ1) is 13.3. The Morgan fingerprint density at radius 2 is 2.09 bits per heavy atom. The van der Waals surface area contributed by atoms with Crippen LogP contribution in [0.15, 0.2) is 42.6 Å². The lowest BCUT2D eigenvalue weighted by Crippen LogP contribution is -2.18. The zero-order valence-corrected chi connectivity index (χ0v) is 12.2. The number of rotatable bonds is 3. The van der Waals surface area contributed by atoms with Gasteiger partial charge in [-0.1, -0.05) is 12.1 Å². The maximum absolute atomic E-state index is 9.44. The van der Waals surface area contributed by atoms with Crippen molar-refractivity contribution in [3.63, 3.8) is 0 Å². The van der Waals surface area contributed by atoms with Gasteiger partial charge in [0.2, 0.25) is 0 Å². The molecule has 1 fully saturated rings. The summed E-state index contributed by atoms with van der Waals surface area (Å²) in [6.45, 7) is 1.75. The van der Waals surface area contributed by atoms with Gasteiger partial charge in [0, 0.05) is 6.20 Å². The third-order valence-corrected chi connectivity index (χ3v) is 4.18.